The number of benzene rings is 2. The number of hydrogen-bond donors (Lipinski definition) is 2. The van der Waals surface area contributed by atoms with Crippen molar-refractivity contribution in [3.8, 4) is 11.5 Å². The molecule has 0 saturated carbocycles. The van der Waals surface area contributed by atoms with E-state index in [0.29, 0.717) is 29.2 Å². The van der Waals surface area contributed by atoms with Crippen LogP contribution in [0.1, 0.15) is 36.2 Å². The number of ether oxygens (including phenoxy) is 1. The first kappa shape index (κ1) is 16.5. The van der Waals surface area contributed by atoms with Crippen molar-refractivity contribution in [3.05, 3.63) is 59.7 Å². The van der Waals surface area contributed by atoms with E-state index in [0.717, 1.165) is 6.42 Å². The number of rotatable bonds is 6. The zero-order chi connectivity index (χ0) is 16.7. The van der Waals surface area contributed by atoms with Crippen molar-refractivity contribution in [2.45, 2.75) is 20.3 Å². The SMILES string of the molecule is CCCOc1ccccc1C(=O)N/N=C(\C)c1ccccc1O. The Morgan fingerprint density at radius 1 is 1.13 bits per heavy atom. The fraction of sp³-hybridized carbons (Fsp3) is 0.222. The number of phenolic OH excluding ortho intramolecular Hbond substituents is 1. The van der Waals surface area contributed by atoms with Gasteiger partial charge < -0.3 is 9.84 Å². The van der Waals surface area contributed by atoms with E-state index >= 15 is 0 Å². The molecule has 0 aromatic heterocycles. The summed E-state index contributed by atoms with van der Waals surface area (Å²) in [6.07, 6.45) is 0.862. The average molecular weight is 312 g/mol. The largest absolute Gasteiger partial charge is 0.507 e. The molecule has 0 aliphatic heterocycles. The lowest BCUT2D eigenvalue weighted by Crippen LogP contribution is -2.20. The van der Waals surface area contributed by atoms with Crippen LogP contribution in [0.5, 0.6) is 11.5 Å². The van der Waals surface area contributed by atoms with Gasteiger partial charge in [-0.25, -0.2) is 5.43 Å². The van der Waals surface area contributed by atoms with Crippen molar-refractivity contribution in [3.63, 3.8) is 0 Å². The molecule has 0 fully saturated rings. The Kier molecular flexibility index (Phi) is 5.74. The molecule has 23 heavy (non-hydrogen) atoms. The molecule has 0 saturated heterocycles. The predicted molar refractivity (Wildman–Crippen MR) is 90.0 cm³/mol. The van der Waals surface area contributed by atoms with Gasteiger partial charge in [0.05, 0.1) is 17.9 Å². The Hall–Kier alpha value is -2.82. The van der Waals surface area contributed by atoms with E-state index in [2.05, 4.69) is 10.5 Å². The van der Waals surface area contributed by atoms with E-state index in [-0.39, 0.29) is 11.7 Å². The van der Waals surface area contributed by atoms with Crippen molar-refractivity contribution in [2.75, 3.05) is 6.61 Å². The zero-order valence-corrected chi connectivity index (χ0v) is 13.2. The fourth-order valence-corrected chi connectivity index (χ4v) is 2.03. The van der Waals surface area contributed by atoms with E-state index in [9.17, 15) is 9.90 Å². The maximum absolute atomic E-state index is 12.3. The molecular weight excluding hydrogens is 292 g/mol. The fourth-order valence-electron chi connectivity index (χ4n) is 2.03. The maximum Gasteiger partial charge on any atom is 0.275 e. The maximum atomic E-state index is 12.3. The minimum absolute atomic E-state index is 0.120. The first-order valence-electron chi connectivity index (χ1n) is 7.48. The minimum atomic E-state index is -0.355. The molecule has 0 bridgehead atoms. The normalized spacial score (nSPS) is 11.1. The molecule has 0 atom stereocenters. The Labute approximate surface area is 135 Å². The molecule has 0 unspecified atom stereocenters. The van der Waals surface area contributed by atoms with Crippen LogP contribution < -0.4 is 10.2 Å². The van der Waals surface area contributed by atoms with Gasteiger partial charge >= 0.3 is 0 Å². The molecule has 1 amide bonds. The molecule has 2 aromatic carbocycles. The van der Waals surface area contributed by atoms with Crippen LogP contribution in [0, 0.1) is 0 Å². The van der Waals surface area contributed by atoms with Crippen LogP contribution in [-0.4, -0.2) is 23.3 Å². The highest BCUT2D eigenvalue weighted by molar-refractivity contribution is 6.03. The number of phenols is 1. The van der Waals surface area contributed by atoms with Gasteiger partial charge in [-0.3, -0.25) is 4.79 Å². The van der Waals surface area contributed by atoms with Crippen LogP contribution >= 0.6 is 0 Å². The number of hydrogen-bond acceptors (Lipinski definition) is 4. The third-order valence-corrected chi connectivity index (χ3v) is 3.21. The molecule has 5 heteroatoms. The Morgan fingerprint density at radius 3 is 2.48 bits per heavy atom. The summed E-state index contributed by atoms with van der Waals surface area (Å²) in [5.74, 6) is 0.295. The number of nitrogens with one attached hydrogen (secondary N) is 1. The summed E-state index contributed by atoms with van der Waals surface area (Å²) in [7, 11) is 0. The number of aromatic hydroxyl groups is 1. The highest BCUT2D eigenvalue weighted by atomic mass is 16.5. The zero-order valence-electron chi connectivity index (χ0n) is 13.2. The highest BCUT2D eigenvalue weighted by Gasteiger charge is 2.12. The summed E-state index contributed by atoms with van der Waals surface area (Å²) in [5, 5.41) is 13.8. The number of carbonyl (C=O) groups excluding carboxylic acids is 1. The van der Waals surface area contributed by atoms with Crippen LogP contribution in [0.2, 0.25) is 0 Å². The number of nitrogens with zero attached hydrogens (tertiary/aromatic N) is 1. The summed E-state index contributed by atoms with van der Waals surface area (Å²) in [6.45, 7) is 4.27. The Morgan fingerprint density at radius 2 is 1.78 bits per heavy atom. The summed E-state index contributed by atoms with van der Waals surface area (Å²) >= 11 is 0. The molecule has 2 aromatic rings. The summed E-state index contributed by atoms with van der Waals surface area (Å²) < 4.78 is 5.57. The van der Waals surface area contributed by atoms with Crippen LogP contribution in [0.15, 0.2) is 53.6 Å². The van der Waals surface area contributed by atoms with E-state index in [4.69, 9.17) is 4.74 Å². The van der Waals surface area contributed by atoms with Gasteiger partial charge in [0, 0.05) is 5.56 Å². The molecule has 2 rings (SSSR count). The van der Waals surface area contributed by atoms with E-state index < -0.39 is 0 Å². The quantitative estimate of drug-likeness (QED) is 0.635. The molecule has 0 spiro atoms. The van der Waals surface area contributed by atoms with Crippen molar-refractivity contribution < 1.29 is 14.6 Å². The number of hydrazone groups is 1. The topological polar surface area (TPSA) is 70.9 Å². The van der Waals surface area contributed by atoms with Crippen molar-refractivity contribution >= 4 is 11.6 Å². The average Bonchev–Trinajstić information content (AvgIpc) is 2.58. The van der Waals surface area contributed by atoms with Crippen LogP contribution in [0.4, 0.5) is 0 Å². The van der Waals surface area contributed by atoms with Crippen molar-refractivity contribution in [2.24, 2.45) is 5.10 Å². The predicted octanol–water partition coefficient (Wildman–Crippen LogP) is 3.34. The molecular formula is C18H20N2O3. The monoisotopic (exact) mass is 312 g/mol. The van der Waals surface area contributed by atoms with Gasteiger partial charge in [-0.2, -0.15) is 5.10 Å². The lowest BCUT2D eigenvalue weighted by atomic mass is 10.1. The molecule has 0 radical (unpaired) electrons. The van der Waals surface area contributed by atoms with Gasteiger partial charge in [0.2, 0.25) is 0 Å². The number of amides is 1. The minimum Gasteiger partial charge on any atom is -0.507 e. The van der Waals surface area contributed by atoms with Gasteiger partial charge in [-0.15, -0.1) is 0 Å². The highest BCUT2D eigenvalue weighted by Crippen LogP contribution is 2.19. The smallest absolute Gasteiger partial charge is 0.275 e. The summed E-state index contributed by atoms with van der Waals surface area (Å²) in [4.78, 5) is 12.3. The van der Waals surface area contributed by atoms with Gasteiger partial charge in [-0.1, -0.05) is 31.2 Å². The molecule has 5 nitrogen and oxygen atoms in total. The van der Waals surface area contributed by atoms with Crippen LogP contribution in [0.3, 0.4) is 0 Å². The van der Waals surface area contributed by atoms with Gasteiger partial charge in [0.1, 0.15) is 11.5 Å². The van der Waals surface area contributed by atoms with Crippen LogP contribution in [-0.2, 0) is 0 Å². The van der Waals surface area contributed by atoms with E-state index in [1.807, 2.05) is 13.0 Å². The number of carbonyl (C=O) groups is 1. The summed E-state index contributed by atoms with van der Waals surface area (Å²) in [5.41, 5.74) is 4.01. The van der Waals surface area contributed by atoms with Crippen molar-refractivity contribution in [1.29, 1.82) is 0 Å². The van der Waals surface area contributed by atoms with E-state index in [1.54, 1.807) is 49.4 Å². The second kappa shape index (κ2) is 7.98. The Balaban J connectivity index is 2.13. The molecule has 0 aliphatic carbocycles. The lowest BCUT2D eigenvalue weighted by Gasteiger charge is -2.10. The first-order valence-corrected chi connectivity index (χ1v) is 7.48. The van der Waals surface area contributed by atoms with Gasteiger partial charge in [0.25, 0.3) is 5.91 Å². The molecule has 120 valence electrons. The second-order valence-electron chi connectivity index (χ2n) is 5.00. The van der Waals surface area contributed by atoms with E-state index in [1.165, 1.54) is 0 Å². The molecule has 0 heterocycles. The molecule has 2 N–H and O–H groups in total. The third kappa shape index (κ3) is 4.32. The second-order valence-corrected chi connectivity index (χ2v) is 5.00. The van der Waals surface area contributed by atoms with Crippen LogP contribution in [0.25, 0.3) is 0 Å². The number of para-hydroxylation sites is 2. The Bertz CT molecular complexity index is 711. The van der Waals surface area contributed by atoms with Gasteiger partial charge in [0.15, 0.2) is 0 Å². The summed E-state index contributed by atoms with van der Waals surface area (Å²) in [6, 6.07) is 13.9. The van der Waals surface area contributed by atoms with Crippen molar-refractivity contribution in [1.82, 2.24) is 5.43 Å². The lowest BCUT2D eigenvalue weighted by molar-refractivity contribution is 0.0950. The standard InChI is InChI=1S/C18H20N2O3/c1-3-12-23-17-11-7-5-9-15(17)18(22)20-19-13(2)14-8-4-6-10-16(14)21/h4-11,21H,3,12H2,1-2H3,(H,20,22)/b19-13+. The third-order valence-electron chi connectivity index (χ3n) is 3.21. The van der Waals surface area contributed by atoms with Gasteiger partial charge in [-0.05, 0) is 37.6 Å². The first-order chi connectivity index (χ1) is 11.1. The molecule has 0 aliphatic rings.